The molecule has 2 aromatic carbocycles. The fourth-order valence-corrected chi connectivity index (χ4v) is 5.09. The van der Waals surface area contributed by atoms with Gasteiger partial charge in [0.2, 0.25) is 0 Å². The zero-order valence-electron chi connectivity index (χ0n) is 18.4. The number of hydrogen-bond donors (Lipinski definition) is 0. The van der Waals surface area contributed by atoms with Gasteiger partial charge in [0.1, 0.15) is 16.7 Å². The maximum atomic E-state index is 13.8. The Bertz CT molecular complexity index is 1540. The predicted octanol–water partition coefficient (Wildman–Crippen LogP) is 5.07. The quantitative estimate of drug-likeness (QED) is 0.406. The summed E-state index contributed by atoms with van der Waals surface area (Å²) in [4.78, 5) is 28.6. The second kappa shape index (κ2) is 7.26. The minimum absolute atomic E-state index is 0.0108. The fraction of sp³-hybridized carbons (Fsp3) is 0.308. The molecule has 5 aromatic rings. The van der Waals surface area contributed by atoms with Gasteiger partial charge in [0.15, 0.2) is 11.3 Å². The Morgan fingerprint density at radius 1 is 0.875 bits per heavy atom. The van der Waals surface area contributed by atoms with Crippen molar-refractivity contribution in [1.29, 1.82) is 0 Å². The first-order chi connectivity index (χ1) is 15.6. The summed E-state index contributed by atoms with van der Waals surface area (Å²) in [6.07, 6.45) is 4.39. The molecule has 1 saturated carbocycles. The summed E-state index contributed by atoms with van der Waals surface area (Å²) in [5, 5.41) is 0.586. The van der Waals surface area contributed by atoms with Crippen LogP contribution in [0.5, 0.6) is 0 Å². The molecule has 1 fully saturated rings. The Labute approximate surface area is 185 Å². The third-order valence-electron chi connectivity index (χ3n) is 6.72. The minimum Gasteiger partial charge on any atom is -0.304 e. The number of benzene rings is 2. The molecule has 3 heterocycles. The summed E-state index contributed by atoms with van der Waals surface area (Å²) in [6, 6.07) is 16.5. The first-order valence-electron chi connectivity index (χ1n) is 11.3. The lowest BCUT2D eigenvalue weighted by Gasteiger charge is -2.16. The van der Waals surface area contributed by atoms with Crippen molar-refractivity contribution in [2.24, 2.45) is 0 Å². The number of hydrogen-bond acceptors (Lipinski definition) is 4. The van der Waals surface area contributed by atoms with E-state index in [4.69, 9.17) is 15.0 Å². The summed E-state index contributed by atoms with van der Waals surface area (Å²) >= 11 is 0. The van der Waals surface area contributed by atoms with Crippen molar-refractivity contribution in [3.8, 4) is 0 Å². The second-order valence-corrected chi connectivity index (χ2v) is 8.93. The fourth-order valence-electron chi connectivity index (χ4n) is 5.09. The van der Waals surface area contributed by atoms with E-state index in [0.29, 0.717) is 28.7 Å². The molecule has 0 spiro atoms. The molecular weight excluding hydrogens is 398 g/mol. The van der Waals surface area contributed by atoms with E-state index in [0.717, 1.165) is 48.1 Å². The van der Waals surface area contributed by atoms with Crippen molar-refractivity contribution in [3.63, 3.8) is 0 Å². The molecule has 160 valence electrons. The van der Waals surface area contributed by atoms with Gasteiger partial charge in [-0.2, -0.15) is 0 Å². The summed E-state index contributed by atoms with van der Waals surface area (Å²) in [7, 11) is 0. The lowest BCUT2D eigenvalue weighted by atomic mass is 10.1. The van der Waals surface area contributed by atoms with Crippen LogP contribution in [0.25, 0.3) is 33.2 Å². The molecule has 0 unspecified atom stereocenters. The van der Waals surface area contributed by atoms with Crippen LogP contribution in [0.1, 0.15) is 48.7 Å². The van der Waals surface area contributed by atoms with Gasteiger partial charge in [-0.1, -0.05) is 54.8 Å². The maximum Gasteiger partial charge on any atom is 0.265 e. The lowest BCUT2D eigenvalue weighted by Crippen LogP contribution is -2.27. The van der Waals surface area contributed by atoms with Crippen LogP contribution in [0, 0.1) is 13.8 Å². The van der Waals surface area contributed by atoms with E-state index in [2.05, 4.69) is 35.8 Å². The smallest absolute Gasteiger partial charge is 0.265 e. The van der Waals surface area contributed by atoms with Gasteiger partial charge in [-0.3, -0.25) is 9.36 Å². The molecule has 0 radical (unpaired) electrons. The predicted molar refractivity (Wildman–Crippen MR) is 127 cm³/mol. The molecule has 3 aromatic heterocycles. The van der Waals surface area contributed by atoms with Gasteiger partial charge in [0, 0.05) is 6.04 Å². The summed E-state index contributed by atoms with van der Waals surface area (Å²) < 4.78 is 3.96. The van der Waals surface area contributed by atoms with Crippen molar-refractivity contribution < 1.29 is 0 Å². The third-order valence-corrected chi connectivity index (χ3v) is 6.72. The van der Waals surface area contributed by atoms with Crippen molar-refractivity contribution in [2.45, 2.75) is 52.1 Å². The standard InChI is InChI=1S/C26H25N5O/c1-16-11-13-18(14-12-16)15-30-24-22(23-25(30)29-21-10-6-5-9-20(21)28-23)26(32)31(17(2)27-24)19-7-3-4-8-19/h5-6,9-14,19H,3-4,7-8,15H2,1-2H3. The maximum absolute atomic E-state index is 13.8. The van der Waals surface area contributed by atoms with Crippen LogP contribution in [0.4, 0.5) is 0 Å². The van der Waals surface area contributed by atoms with Crippen molar-refractivity contribution in [1.82, 2.24) is 24.1 Å². The third kappa shape index (κ3) is 2.93. The molecule has 0 bridgehead atoms. The largest absolute Gasteiger partial charge is 0.304 e. The highest BCUT2D eigenvalue weighted by Crippen LogP contribution is 2.31. The molecule has 1 aliphatic rings. The Morgan fingerprint density at radius 3 is 2.28 bits per heavy atom. The highest BCUT2D eigenvalue weighted by molar-refractivity contribution is 6.04. The number of nitrogens with zero attached hydrogens (tertiary/aromatic N) is 5. The molecule has 6 nitrogen and oxygen atoms in total. The molecule has 6 heteroatoms. The highest BCUT2D eigenvalue weighted by Gasteiger charge is 2.25. The summed E-state index contributed by atoms with van der Waals surface area (Å²) in [5.41, 5.74) is 6.02. The monoisotopic (exact) mass is 423 g/mol. The summed E-state index contributed by atoms with van der Waals surface area (Å²) in [6.45, 7) is 4.62. The van der Waals surface area contributed by atoms with Crippen LogP contribution < -0.4 is 5.56 Å². The van der Waals surface area contributed by atoms with Gasteiger partial charge in [0.05, 0.1) is 17.6 Å². The Balaban J connectivity index is 1.69. The SMILES string of the molecule is Cc1ccc(Cn2c3nc4ccccc4nc3c3c(=O)n(C4CCCC4)c(C)nc32)cc1. The first-order valence-corrected chi connectivity index (χ1v) is 11.3. The zero-order valence-corrected chi connectivity index (χ0v) is 18.4. The molecular formula is C26H25N5O. The van der Waals surface area contributed by atoms with Crippen LogP contribution in [0.15, 0.2) is 53.3 Å². The number of aryl methyl sites for hydroxylation is 2. The topological polar surface area (TPSA) is 65.6 Å². The number of para-hydroxylation sites is 2. The Morgan fingerprint density at radius 2 is 1.56 bits per heavy atom. The van der Waals surface area contributed by atoms with Crippen molar-refractivity contribution in [3.05, 3.63) is 75.8 Å². The van der Waals surface area contributed by atoms with Crippen molar-refractivity contribution in [2.75, 3.05) is 0 Å². The van der Waals surface area contributed by atoms with E-state index in [1.54, 1.807) is 0 Å². The zero-order chi connectivity index (χ0) is 21.8. The van der Waals surface area contributed by atoms with Crippen molar-refractivity contribution >= 4 is 33.2 Å². The van der Waals surface area contributed by atoms with E-state index < -0.39 is 0 Å². The number of fused-ring (bicyclic) bond motifs is 4. The molecule has 1 aliphatic carbocycles. The van der Waals surface area contributed by atoms with Crippen LogP contribution >= 0.6 is 0 Å². The molecule has 6 rings (SSSR count). The van der Waals surface area contributed by atoms with Crippen LogP contribution in [0.2, 0.25) is 0 Å². The van der Waals surface area contributed by atoms with Crippen LogP contribution in [-0.2, 0) is 6.54 Å². The van der Waals surface area contributed by atoms with Gasteiger partial charge in [0.25, 0.3) is 5.56 Å². The molecule has 32 heavy (non-hydrogen) atoms. The van der Waals surface area contributed by atoms with Gasteiger partial charge in [-0.05, 0) is 44.4 Å². The minimum atomic E-state index is 0.0108. The van der Waals surface area contributed by atoms with E-state index in [-0.39, 0.29) is 11.6 Å². The number of rotatable bonds is 3. The van der Waals surface area contributed by atoms with E-state index in [9.17, 15) is 4.79 Å². The molecule has 0 atom stereocenters. The number of aromatic nitrogens is 5. The van der Waals surface area contributed by atoms with Gasteiger partial charge in [-0.25, -0.2) is 15.0 Å². The Hall–Kier alpha value is -3.54. The van der Waals surface area contributed by atoms with Gasteiger partial charge >= 0.3 is 0 Å². The van der Waals surface area contributed by atoms with E-state index >= 15 is 0 Å². The van der Waals surface area contributed by atoms with E-state index in [1.165, 1.54) is 5.56 Å². The van der Waals surface area contributed by atoms with Gasteiger partial charge in [-0.15, -0.1) is 0 Å². The van der Waals surface area contributed by atoms with Crippen LogP contribution in [-0.4, -0.2) is 24.1 Å². The second-order valence-electron chi connectivity index (χ2n) is 8.93. The highest BCUT2D eigenvalue weighted by atomic mass is 16.1. The normalized spacial score (nSPS) is 14.8. The van der Waals surface area contributed by atoms with Gasteiger partial charge < -0.3 is 4.57 Å². The average molecular weight is 424 g/mol. The molecule has 0 amide bonds. The molecule has 0 N–H and O–H groups in total. The van der Waals surface area contributed by atoms with E-state index in [1.807, 2.05) is 35.8 Å². The Kier molecular flexibility index (Phi) is 4.35. The lowest BCUT2D eigenvalue weighted by molar-refractivity contribution is 0.485. The summed E-state index contributed by atoms with van der Waals surface area (Å²) in [5.74, 6) is 0.770. The first kappa shape index (κ1) is 19.2. The van der Waals surface area contributed by atoms with Crippen LogP contribution in [0.3, 0.4) is 0 Å². The average Bonchev–Trinajstić information content (AvgIpc) is 3.41. The molecule has 0 saturated heterocycles. The molecule has 0 aliphatic heterocycles.